The topological polar surface area (TPSA) is 69.9 Å². The van der Waals surface area contributed by atoms with Crippen molar-refractivity contribution in [1.82, 2.24) is 14.9 Å². The SMILES string of the molecule is C[C@@H](c1ccc(F)cc1F)C1(C#N)CCN(C(=O)c2cccnc2-c2ccncc2)CC1. The molecule has 0 aliphatic carbocycles. The van der Waals surface area contributed by atoms with E-state index < -0.39 is 23.0 Å². The largest absolute Gasteiger partial charge is 0.338 e. The van der Waals surface area contributed by atoms with Gasteiger partial charge in [-0.1, -0.05) is 13.0 Å². The first-order chi connectivity index (χ1) is 15.4. The van der Waals surface area contributed by atoms with E-state index in [2.05, 4.69) is 16.0 Å². The highest BCUT2D eigenvalue weighted by molar-refractivity contribution is 5.99. The van der Waals surface area contributed by atoms with Crippen molar-refractivity contribution >= 4 is 5.91 Å². The number of benzene rings is 1. The summed E-state index contributed by atoms with van der Waals surface area (Å²) in [5.74, 6) is -1.89. The van der Waals surface area contributed by atoms with E-state index in [-0.39, 0.29) is 5.91 Å². The smallest absolute Gasteiger partial charge is 0.256 e. The quantitative estimate of drug-likeness (QED) is 0.584. The molecule has 0 N–H and O–H groups in total. The maximum Gasteiger partial charge on any atom is 0.256 e. The fourth-order valence-electron chi connectivity index (χ4n) is 4.39. The molecule has 32 heavy (non-hydrogen) atoms. The highest BCUT2D eigenvalue weighted by atomic mass is 19.1. The normalized spacial score (nSPS) is 16.2. The molecular weight excluding hydrogens is 410 g/mol. The van der Waals surface area contributed by atoms with E-state index in [9.17, 15) is 18.8 Å². The third kappa shape index (κ3) is 3.96. The summed E-state index contributed by atoms with van der Waals surface area (Å²) in [4.78, 5) is 23.4. The molecule has 0 unspecified atom stereocenters. The van der Waals surface area contributed by atoms with Crippen LogP contribution in [0.25, 0.3) is 11.3 Å². The van der Waals surface area contributed by atoms with Crippen molar-refractivity contribution in [2.24, 2.45) is 5.41 Å². The summed E-state index contributed by atoms with van der Waals surface area (Å²) in [6.07, 6.45) is 5.74. The van der Waals surface area contributed by atoms with Crippen molar-refractivity contribution < 1.29 is 13.6 Å². The molecule has 1 aromatic carbocycles. The van der Waals surface area contributed by atoms with Crippen LogP contribution in [0.5, 0.6) is 0 Å². The summed E-state index contributed by atoms with van der Waals surface area (Å²) in [6.45, 7) is 2.52. The van der Waals surface area contributed by atoms with Gasteiger partial charge in [0.05, 0.1) is 22.7 Å². The summed E-state index contributed by atoms with van der Waals surface area (Å²) in [6, 6.07) is 12.9. The van der Waals surface area contributed by atoms with Gasteiger partial charge in [-0.25, -0.2) is 8.78 Å². The van der Waals surface area contributed by atoms with Gasteiger partial charge in [0, 0.05) is 49.2 Å². The lowest BCUT2D eigenvalue weighted by Crippen LogP contribution is -2.44. The Morgan fingerprint density at radius 1 is 1.12 bits per heavy atom. The highest BCUT2D eigenvalue weighted by Crippen LogP contribution is 2.45. The zero-order valence-corrected chi connectivity index (χ0v) is 17.6. The lowest BCUT2D eigenvalue weighted by Gasteiger charge is -2.41. The molecule has 1 fully saturated rings. The third-order valence-corrected chi connectivity index (χ3v) is 6.42. The van der Waals surface area contributed by atoms with Crippen molar-refractivity contribution in [2.75, 3.05) is 13.1 Å². The third-order valence-electron chi connectivity index (χ3n) is 6.42. The van der Waals surface area contributed by atoms with Gasteiger partial charge in [0.25, 0.3) is 5.91 Å². The summed E-state index contributed by atoms with van der Waals surface area (Å²) >= 11 is 0. The molecule has 2 aromatic heterocycles. The van der Waals surface area contributed by atoms with Crippen LogP contribution in [0.2, 0.25) is 0 Å². The van der Waals surface area contributed by atoms with Crippen LogP contribution < -0.4 is 0 Å². The first-order valence-electron chi connectivity index (χ1n) is 10.5. The van der Waals surface area contributed by atoms with Gasteiger partial charge in [0.15, 0.2) is 0 Å². The zero-order chi connectivity index (χ0) is 22.7. The van der Waals surface area contributed by atoms with Gasteiger partial charge in [-0.05, 0) is 48.7 Å². The van der Waals surface area contributed by atoms with Gasteiger partial charge in [-0.15, -0.1) is 0 Å². The van der Waals surface area contributed by atoms with Crippen LogP contribution in [0.3, 0.4) is 0 Å². The maximum absolute atomic E-state index is 14.4. The van der Waals surface area contributed by atoms with Crippen molar-refractivity contribution in [1.29, 1.82) is 5.26 Å². The molecule has 5 nitrogen and oxygen atoms in total. The molecule has 0 saturated carbocycles. The first-order valence-corrected chi connectivity index (χ1v) is 10.5. The van der Waals surface area contributed by atoms with Crippen molar-refractivity contribution in [3.05, 3.63) is 83.8 Å². The minimum absolute atomic E-state index is 0.155. The molecule has 7 heteroatoms. The van der Waals surface area contributed by atoms with E-state index in [1.165, 1.54) is 12.1 Å². The van der Waals surface area contributed by atoms with Gasteiger partial charge < -0.3 is 4.90 Å². The molecule has 0 bridgehead atoms. The number of nitrogens with zero attached hydrogens (tertiary/aromatic N) is 4. The molecule has 1 aliphatic rings. The van der Waals surface area contributed by atoms with Crippen molar-refractivity contribution in [3.63, 3.8) is 0 Å². The molecule has 4 rings (SSSR count). The Labute approximate surface area is 185 Å². The Hall–Kier alpha value is -3.66. The van der Waals surface area contributed by atoms with E-state index in [4.69, 9.17) is 0 Å². The van der Waals surface area contributed by atoms with Crippen LogP contribution in [-0.2, 0) is 0 Å². The Morgan fingerprint density at radius 2 is 1.84 bits per heavy atom. The number of hydrogen-bond acceptors (Lipinski definition) is 4. The van der Waals surface area contributed by atoms with E-state index in [1.807, 2.05) is 0 Å². The first kappa shape index (κ1) is 21.6. The minimum Gasteiger partial charge on any atom is -0.338 e. The van der Waals surface area contributed by atoms with Crippen LogP contribution in [-0.4, -0.2) is 33.9 Å². The fourth-order valence-corrected chi connectivity index (χ4v) is 4.39. The molecule has 1 amide bonds. The zero-order valence-electron chi connectivity index (χ0n) is 17.6. The minimum atomic E-state index is -0.835. The lowest BCUT2D eigenvalue weighted by molar-refractivity contribution is 0.0622. The molecule has 3 aromatic rings. The number of piperidine rings is 1. The summed E-state index contributed by atoms with van der Waals surface area (Å²) in [5.41, 5.74) is 1.35. The number of aromatic nitrogens is 2. The number of nitriles is 1. The van der Waals surface area contributed by atoms with Gasteiger partial charge in [0.2, 0.25) is 0 Å². The van der Waals surface area contributed by atoms with Crippen molar-refractivity contribution in [2.45, 2.75) is 25.7 Å². The van der Waals surface area contributed by atoms with Gasteiger partial charge in [-0.3, -0.25) is 14.8 Å². The average Bonchev–Trinajstić information content (AvgIpc) is 2.84. The van der Waals surface area contributed by atoms with Crippen LogP contribution in [0.15, 0.2) is 61.1 Å². The molecule has 1 aliphatic heterocycles. The second-order valence-corrected chi connectivity index (χ2v) is 8.08. The standard InChI is InChI=1S/C25H22F2N4O/c1-17(20-5-4-19(26)15-22(20)27)25(16-28)8-13-31(14-9-25)24(32)21-3-2-10-30-23(21)18-6-11-29-12-7-18/h2-7,10-12,15,17H,8-9,13-14H2,1H3/t17-/m0/s1. The summed E-state index contributed by atoms with van der Waals surface area (Å²) < 4.78 is 27.7. The Balaban J connectivity index is 1.55. The van der Waals surface area contributed by atoms with E-state index in [0.29, 0.717) is 42.8 Å². The summed E-state index contributed by atoms with van der Waals surface area (Å²) in [7, 11) is 0. The average molecular weight is 432 g/mol. The lowest BCUT2D eigenvalue weighted by atomic mass is 9.68. The predicted octanol–water partition coefficient (Wildman–Crippen LogP) is 4.97. The van der Waals surface area contributed by atoms with Crippen LogP contribution in [0.4, 0.5) is 8.78 Å². The number of pyridine rings is 2. The maximum atomic E-state index is 14.4. The van der Waals surface area contributed by atoms with Crippen LogP contribution >= 0.6 is 0 Å². The molecule has 0 spiro atoms. The van der Waals surface area contributed by atoms with E-state index in [1.54, 1.807) is 54.7 Å². The number of likely N-dealkylation sites (tertiary alicyclic amines) is 1. The number of amides is 1. The monoisotopic (exact) mass is 432 g/mol. The van der Waals surface area contributed by atoms with Gasteiger partial charge in [0.1, 0.15) is 11.6 Å². The molecular formula is C25H22F2N4O. The number of rotatable bonds is 4. The van der Waals surface area contributed by atoms with E-state index >= 15 is 0 Å². The number of carbonyl (C=O) groups is 1. The predicted molar refractivity (Wildman–Crippen MR) is 115 cm³/mol. The number of halogens is 2. The molecule has 162 valence electrons. The van der Waals surface area contributed by atoms with Crippen LogP contribution in [0, 0.1) is 28.4 Å². The molecule has 3 heterocycles. The second-order valence-electron chi connectivity index (χ2n) is 8.08. The number of hydrogen-bond donors (Lipinski definition) is 0. The van der Waals surface area contributed by atoms with Crippen LogP contribution in [0.1, 0.15) is 41.6 Å². The Kier molecular flexibility index (Phi) is 5.95. The highest BCUT2D eigenvalue weighted by Gasteiger charge is 2.42. The van der Waals surface area contributed by atoms with Gasteiger partial charge in [-0.2, -0.15) is 5.26 Å². The van der Waals surface area contributed by atoms with E-state index in [0.717, 1.165) is 11.6 Å². The Bertz CT molecular complexity index is 1170. The van der Waals surface area contributed by atoms with Gasteiger partial charge >= 0.3 is 0 Å². The second kappa shape index (κ2) is 8.83. The van der Waals surface area contributed by atoms with Crippen molar-refractivity contribution in [3.8, 4) is 17.3 Å². The molecule has 1 atom stereocenters. The fraction of sp³-hybridized carbons (Fsp3) is 0.280. The Morgan fingerprint density at radius 3 is 2.50 bits per heavy atom. The summed E-state index contributed by atoms with van der Waals surface area (Å²) in [5, 5.41) is 9.99. The molecule has 0 radical (unpaired) electrons. The number of carbonyl (C=O) groups excluding carboxylic acids is 1. The molecule has 1 saturated heterocycles.